The van der Waals surface area contributed by atoms with Gasteiger partial charge in [0.05, 0.1) is 40.0 Å². The highest BCUT2D eigenvalue weighted by atomic mass is 14.9. The van der Waals surface area contributed by atoms with Crippen LogP contribution in [-0.2, 0) is 5.41 Å². The lowest BCUT2D eigenvalue weighted by atomic mass is 9.67. The lowest BCUT2D eigenvalue weighted by Crippen LogP contribution is -2.28. The molecule has 0 radical (unpaired) electrons. The average molecular weight is 806 g/mol. The fourth-order valence-corrected chi connectivity index (χ4v) is 11.8. The number of benzene rings is 5. The van der Waals surface area contributed by atoms with Crippen molar-refractivity contribution in [2.75, 3.05) is 0 Å². The first kappa shape index (κ1) is 38.7. The lowest BCUT2D eigenvalue weighted by molar-refractivity contribution is 0.434. The van der Waals surface area contributed by atoms with Crippen molar-refractivity contribution in [3.05, 3.63) is 232 Å². The number of fused-ring (bicyclic) bond motifs is 6. The molecule has 2 saturated carbocycles. The summed E-state index contributed by atoms with van der Waals surface area (Å²) in [6.45, 7) is 2.34. The molecule has 2 unspecified atom stereocenters. The van der Waals surface area contributed by atoms with Gasteiger partial charge in [-0.1, -0.05) is 166 Å². The highest BCUT2D eigenvalue weighted by molar-refractivity contribution is 6.22. The molecule has 3 atom stereocenters. The van der Waals surface area contributed by atoms with Crippen molar-refractivity contribution in [3.8, 4) is 11.1 Å². The van der Waals surface area contributed by atoms with Crippen LogP contribution in [0, 0.1) is 0 Å². The molecule has 3 heteroatoms. The monoisotopic (exact) mass is 805 g/mol. The maximum Gasteiger partial charge on any atom is 0.0689 e. The summed E-state index contributed by atoms with van der Waals surface area (Å²) in [7, 11) is 0. The van der Waals surface area contributed by atoms with Crippen LogP contribution in [-0.4, -0.2) is 15.7 Å². The number of pyridine rings is 2. The van der Waals surface area contributed by atoms with E-state index >= 15 is 0 Å². The molecule has 62 heavy (non-hydrogen) atoms. The number of aliphatic imine (C=N–C) groups is 1. The summed E-state index contributed by atoms with van der Waals surface area (Å²) in [6.07, 6.45) is 16.7. The Labute approximate surface area is 367 Å². The highest BCUT2D eigenvalue weighted by Crippen LogP contribution is 2.57. The van der Waals surface area contributed by atoms with E-state index in [-0.39, 0.29) is 11.8 Å². The number of hydrogen-bond acceptors (Lipinski definition) is 3. The number of nitrogens with zero attached hydrogens (tertiary/aromatic N) is 3. The first-order chi connectivity index (χ1) is 30.7. The van der Waals surface area contributed by atoms with Crippen molar-refractivity contribution in [2.24, 2.45) is 4.99 Å². The van der Waals surface area contributed by atoms with Crippen LogP contribution in [0.1, 0.15) is 151 Å². The Hall–Kier alpha value is -6.19. The number of allylic oxidation sites excluding steroid dienone is 2. The van der Waals surface area contributed by atoms with Gasteiger partial charge in [-0.05, 0) is 130 Å². The molecule has 0 saturated heterocycles. The largest absolute Gasteiger partial charge is 0.260 e. The average Bonchev–Trinajstić information content (AvgIpc) is 3.75. The summed E-state index contributed by atoms with van der Waals surface area (Å²) in [4.78, 5) is 16.3. The number of rotatable bonds is 9. The van der Waals surface area contributed by atoms with Gasteiger partial charge in [-0.3, -0.25) is 15.0 Å². The molecule has 3 aliphatic carbocycles. The zero-order valence-corrected chi connectivity index (χ0v) is 35.9. The second-order valence-corrected chi connectivity index (χ2v) is 18.4. The van der Waals surface area contributed by atoms with E-state index in [1.54, 1.807) is 11.1 Å². The molecule has 5 aromatic carbocycles. The van der Waals surface area contributed by atoms with Gasteiger partial charge >= 0.3 is 0 Å². The van der Waals surface area contributed by atoms with E-state index in [0.717, 1.165) is 22.8 Å². The molecule has 11 rings (SSSR count). The third kappa shape index (κ3) is 6.69. The van der Waals surface area contributed by atoms with Crippen molar-refractivity contribution in [1.82, 2.24) is 9.97 Å². The van der Waals surface area contributed by atoms with E-state index in [1.807, 2.05) is 24.5 Å². The Morgan fingerprint density at radius 1 is 0.500 bits per heavy atom. The number of hydrogen-bond donors (Lipinski definition) is 0. The van der Waals surface area contributed by atoms with Crippen LogP contribution in [0.25, 0.3) is 16.7 Å². The van der Waals surface area contributed by atoms with E-state index in [9.17, 15) is 0 Å². The van der Waals surface area contributed by atoms with Gasteiger partial charge in [-0.15, -0.1) is 0 Å². The minimum absolute atomic E-state index is 0.0382. The van der Waals surface area contributed by atoms with Crippen molar-refractivity contribution < 1.29 is 0 Å². The van der Waals surface area contributed by atoms with Gasteiger partial charge in [0.15, 0.2) is 0 Å². The first-order valence-electron chi connectivity index (χ1n) is 23.3. The molecule has 0 bridgehead atoms. The van der Waals surface area contributed by atoms with Gasteiger partial charge in [0, 0.05) is 18.0 Å². The predicted octanol–water partition coefficient (Wildman–Crippen LogP) is 14.7. The second kappa shape index (κ2) is 16.6. The van der Waals surface area contributed by atoms with Crippen molar-refractivity contribution in [2.45, 2.75) is 100 Å². The van der Waals surface area contributed by atoms with Crippen LogP contribution in [0.3, 0.4) is 0 Å². The van der Waals surface area contributed by atoms with Gasteiger partial charge in [0.2, 0.25) is 0 Å². The SMILES string of the molecule is CC(c1ccccc1)(c1ccc2c(c1)C1=NC([C@@H](c3ccccc3)c3ccccn3)=C(c3c(C4CCCCC4)cccc3C3CCCCC3)C1c1ccccc1-2)c1ccccn1. The van der Waals surface area contributed by atoms with E-state index in [1.165, 1.54) is 114 Å². The Morgan fingerprint density at radius 2 is 1.11 bits per heavy atom. The smallest absolute Gasteiger partial charge is 0.0689 e. The Bertz CT molecular complexity index is 2640. The molecule has 0 amide bonds. The molecule has 1 aliphatic heterocycles. The summed E-state index contributed by atoms with van der Waals surface area (Å²) in [6, 6.07) is 58.6. The minimum Gasteiger partial charge on any atom is -0.260 e. The zero-order valence-electron chi connectivity index (χ0n) is 35.9. The molecular weight excluding hydrogens is 751 g/mol. The van der Waals surface area contributed by atoms with Crippen LogP contribution in [0.4, 0.5) is 0 Å². The second-order valence-electron chi connectivity index (χ2n) is 18.4. The predicted molar refractivity (Wildman–Crippen MR) is 255 cm³/mol. The van der Waals surface area contributed by atoms with E-state index < -0.39 is 5.41 Å². The minimum atomic E-state index is -0.496. The first-order valence-corrected chi connectivity index (χ1v) is 23.3. The van der Waals surface area contributed by atoms with Gasteiger partial charge in [-0.25, -0.2) is 0 Å². The fourth-order valence-electron chi connectivity index (χ4n) is 11.8. The zero-order chi connectivity index (χ0) is 41.5. The Morgan fingerprint density at radius 3 is 1.77 bits per heavy atom. The maximum absolute atomic E-state index is 6.14. The van der Waals surface area contributed by atoms with Crippen LogP contribution < -0.4 is 0 Å². The maximum atomic E-state index is 6.14. The van der Waals surface area contributed by atoms with Gasteiger partial charge < -0.3 is 0 Å². The normalized spacial score (nSPS) is 19.2. The molecule has 4 aliphatic rings. The molecule has 0 N–H and O–H groups in total. The van der Waals surface area contributed by atoms with Crippen LogP contribution in [0.5, 0.6) is 0 Å². The van der Waals surface area contributed by atoms with Crippen LogP contribution in [0.15, 0.2) is 181 Å². The third-order valence-electron chi connectivity index (χ3n) is 14.9. The quantitative estimate of drug-likeness (QED) is 0.146. The summed E-state index contributed by atoms with van der Waals surface area (Å²) in [5.41, 5.74) is 18.7. The summed E-state index contributed by atoms with van der Waals surface area (Å²) < 4.78 is 0. The molecule has 2 aromatic heterocycles. The standard InChI is InChI=1S/C59H55N3/c1-59(43-27-12-5-13-28-43,52-34-17-19-38-61-52)44-35-36-48-47-29-14-15-30-49(47)55-56(54-45(40-21-6-2-7-22-40)31-20-32-46(54)41-23-8-3-9-24-41)58(62-57(55)50(48)39-44)53(42-25-10-4-11-26-42)51-33-16-18-37-60-51/h4-5,10-20,25-41,53,55H,2-3,6-9,21-24H2,1H3/t53-,55?,59?/m0/s1. The Kier molecular flexibility index (Phi) is 10.4. The van der Waals surface area contributed by atoms with Gasteiger partial charge in [-0.2, -0.15) is 0 Å². The van der Waals surface area contributed by atoms with E-state index in [4.69, 9.17) is 15.0 Å². The van der Waals surface area contributed by atoms with E-state index in [2.05, 4.69) is 153 Å². The van der Waals surface area contributed by atoms with Crippen molar-refractivity contribution >= 4 is 11.3 Å². The summed E-state index contributed by atoms with van der Waals surface area (Å²) in [5, 5.41) is 0. The molecule has 3 nitrogen and oxygen atoms in total. The van der Waals surface area contributed by atoms with Gasteiger partial charge in [0.1, 0.15) is 0 Å². The Balaban J connectivity index is 1.22. The van der Waals surface area contributed by atoms with Gasteiger partial charge in [0.25, 0.3) is 0 Å². The van der Waals surface area contributed by atoms with Crippen LogP contribution in [0.2, 0.25) is 0 Å². The topological polar surface area (TPSA) is 38.1 Å². The molecule has 306 valence electrons. The van der Waals surface area contributed by atoms with Crippen molar-refractivity contribution in [1.29, 1.82) is 0 Å². The van der Waals surface area contributed by atoms with Crippen LogP contribution >= 0.6 is 0 Å². The molecule has 0 spiro atoms. The fraction of sp³-hybridized carbons (Fsp3) is 0.271. The molecular formula is C59H55N3. The lowest BCUT2D eigenvalue weighted by Gasteiger charge is -2.35. The molecule has 3 heterocycles. The highest BCUT2D eigenvalue weighted by Gasteiger charge is 2.44. The summed E-state index contributed by atoms with van der Waals surface area (Å²) >= 11 is 0. The molecule has 7 aromatic rings. The van der Waals surface area contributed by atoms with E-state index in [0.29, 0.717) is 11.8 Å². The van der Waals surface area contributed by atoms with Crippen molar-refractivity contribution in [3.63, 3.8) is 0 Å². The number of aromatic nitrogens is 2. The third-order valence-corrected chi connectivity index (χ3v) is 14.9. The summed E-state index contributed by atoms with van der Waals surface area (Å²) in [5.74, 6) is 0.885. The molecule has 2 fully saturated rings.